The molecule has 2 atom stereocenters. The molecular formula is C22H43ClO6Si2. The maximum atomic E-state index is 13.5. The Morgan fingerprint density at radius 1 is 0.871 bits per heavy atom. The summed E-state index contributed by atoms with van der Waals surface area (Å²) in [6, 6.07) is -0.218. The Balaban J connectivity index is 5.47. The molecule has 0 radical (unpaired) electrons. The molecule has 0 rings (SSSR count). The lowest BCUT2D eigenvalue weighted by Crippen LogP contribution is -2.55. The van der Waals surface area contributed by atoms with Crippen LogP contribution in [0.5, 0.6) is 0 Å². The highest BCUT2D eigenvalue weighted by Crippen LogP contribution is 2.39. The summed E-state index contributed by atoms with van der Waals surface area (Å²) in [6.07, 6.45) is -0.869. The minimum Gasteiger partial charge on any atom is -0.452 e. The van der Waals surface area contributed by atoms with Crippen LogP contribution in [0.2, 0.25) is 36.3 Å². The molecule has 0 aromatic carbocycles. The monoisotopic (exact) mass is 494 g/mol. The molecule has 9 heteroatoms. The Morgan fingerprint density at radius 3 is 1.77 bits per heavy atom. The third-order valence-electron chi connectivity index (χ3n) is 6.70. The first-order chi connectivity index (χ1) is 13.8. The maximum Gasteiger partial charge on any atom is 0.307 e. The van der Waals surface area contributed by atoms with Gasteiger partial charge >= 0.3 is 11.9 Å². The second-order valence-corrected chi connectivity index (χ2v) is 21.7. The van der Waals surface area contributed by atoms with E-state index in [1.165, 1.54) is 0 Å². The summed E-state index contributed by atoms with van der Waals surface area (Å²) in [6.45, 7) is 22.6. The van der Waals surface area contributed by atoms with Crippen molar-refractivity contribution in [2.45, 2.75) is 104 Å². The Kier molecular flexibility index (Phi) is 11.2. The molecule has 0 aromatic heterocycles. The van der Waals surface area contributed by atoms with Crippen LogP contribution in [-0.2, 0) is 28.3 Å². The van der Waals surface area contributed by atoms with Gasteiger partial charge in [0.2, 0.25) is 0 Å². The second kappa shape index (κ2) is 11.4. The Hall–Kier alpha value is -0.706. The lowest BCUT2D eigenvalue weighted by atomic mass is 10.0. The van der Waals surface area contributed by atoms with E-state index in [0.717, 1.165) is 0 Å². The molecule has 0 saturated carbocycles. The van der Waals surface area contributed by atoms with Gasteiger partial charge in [0.1, 0.15) is 8.07 Å². The van der Waals surface area contributed by atoms with E-state index < -0.39 is 34.4 Å². The fourth-order valence-corrected chi connectivity index (χ4v) is 5.21. The van der Waals surface area contributed by atoms with Gasteiger partial charge in [-0.05, 0) is 29.1 Å². The average molecular weight is 495 g/mol. The summed E-state index contributed by atoms with van der Waals surface area (Å²) in [5.41, 5.74) is 0. The van der Waals surface area contributed by atoms with Crippen molar-refractivity contribution in [2.75, 3.05) is 12.7 Å². The van der Waals surface area contributed by atoms with Crippen molar-refractivity contribution in [1.82, 2.24) is 0 Å². The number of hydrogen-bond donors (Lipinski definition) is 0. The van der Waals surface area contributed by atoms with Crippen molar-refractivity contribution >= 4 is 45.3 Å². The highest BCUT2D eigenvalue weighted by atomic mass is 35.5. The van der Waals surface area contributed by atoms with Crippen molar-refractivity contribution in [3.63, 3.8) is 0 Å². The summed E-state index contributed by atoms with van der Waals surface area (Å²) < 4.78 is 16.7. The molecule has 0 amide bonds. The third-order valence-corrected chi connectivity index (χ3v) is 16.6. The Labute approximate surface area is 195 Å². The minimum atomic E-state index is -2.43. The van der Waals surface area contributed by atoms with E-state index in [9.17, 15) is 14.4 Å². The van der Waals surface area contributed by atoms with Crippen LogP contribution in [0.1, 0.15) is 61.3 Å². The first kappa shape index (κ1) is 30.3. The van der Waals surface area contributed by atoms with Crippen LogP contribution in [0.4, 0.5) is 0 Å². The zero-order valence-corrected chi connectivity index (χ0v) is 24.1. The van der Waals surface area contributed by atoms with Crippen LogP contribution in [0.15, 0.2) is 0 Å². The topological polar surface area (TPSA) is 78.9 Å². The maximum absolute atomic E-state index is 13.5. The number of rotatable bonds is 11. The summed E-state index contributed by atoms with van der Waals surface area (Å²) in [4.78, 5) is 37.7. The van der Waals surface area contributed by atoms with E-state index in [0.29, 0.717) is 0 Å². The zero-order valence-electron chi connectivity index (χ0n) is 21.3. The van der Waals surface area contributed by atoms with Gasteiger partial charge in [-0.2, -0.15) is 0 Å². The molecule has 0 aliphatic rings. The average Bonchev–Trinajstić information content (AvgIpc) is 2.55. The number of ether oxygens (including phenoxy) is 2. The fraction of sp³-hybridized carbons (Fsp3) is 0.864. The Morgan fingerprint density at radius 2 is 1.35 bits per heavy atom. The van der Waals surface area contributed by atoms with E-state index in [1.54, 1.807) is 6.92 Å². The normalized spacial score (nSPS) is 15.2. The van der Waals surface area contributed by atoms with E-state index in [1.807, 2.05) is 13.1 Å². The van der Waals surface area contributed by atoms with E-state index >= 15 is 0 Å². The molecule has 0 N–H and O–H groups in total. The molecular weight excluding hydrogens is 452 g/mol. The standard InChI is InChI=1S/C22H43ClO6Si2/c1-16(12-18(24)27-15-23)13-19(25)29-17(14-28-31(10,11)22(5,6)7)20(26)30(8,9)21(2,3)4/h16-17H,12-15H2,1-11H3. The quantitative estimate of drug-likeness (QED) is 0.208. The largest absolute Gasteiger partial charge is 0.452 e. The second-order valence-electron chi connectivity index (χ2n) is 11.4. The van der Waals surface area contributed by atoms with Crippen molar-refractivity contribution in [3.8, 4) is 0 Å². The zero-order chi connectivity index (χ0) is 24.8. The van der Waals surface area contributed by atoms with Gasteiger partial charge in [0, 0.05) is 12.8 Å². The number of carbonyl (C=O) groups excluding carboxylic acids is 3. The van der Waals surface area contributed by atoms with Gasteiger partial charge in [0.05, 0.1) is 6.61 Å². The Bertz CT molecular complexity index is 635. The number of halogens is 1. The highest BCUT2D eigenvalue weighted by molar-refractivity contribution is 7.06. The first-order valence-electron chi connectivity index (χ1n) is 10.9. The van der Waals surface area contributed by atoms with Gasteiger partial charge in [-0.25, -0.2) is 0 Å². The SMILES string of the molecule is CC(CC(=O)OCCl)CC(=O)OC(CO[Si](C)(C)C(C)(C)C)C(=O)[Si](C)(C)C(C)(C)C. The van der Waals surface area contributed by atoms with Crippen LogP contribution in [0.3, 0.4) is 0 Å². The predicted molar refractivity (Wildman–Crippen MR) is 130 cm³/mol. The van der Waals surface area contributed by atoms with E-state index in [-0.39, 0.29) is 46.9 Å². The van der Waals surface area contributed by atoms with Crippen molar-refractivity contribution < 1.29 is 28.3 Å². The van der Waals surface area contributed by atoms with Crippen molar-refractivity contribution in [1.29, 1.82) is 0 Å². The smallest absolute Gasteiger partial charge is 0.307 e. The molecule has 0 aliphatic heterocycles. The van der Waals surface area contributed by atoms with Crippen LogP contribution in [0, 0.1) is 5.92 Å². The molecule has 0 aromatic rings. The fourth-order valence-electron chi connectivity index (χ4n) is 2.40. The van der Waals surface area contributed by atoms with Crippen LogP contribution in [0.25, 0.3) is 0 Å². The van der Waals surface area contributed by atoms with Gasteiger partial charge in [-0.15, -0.1) is 0 Å². The van der Waals surface area contributed by atoms with Crippen molar-refractivity contribution in [3.05, 3.63) is 0 Å². The molecule has 0 spiro atoms. The number of hydrogen-bond acceptors (Lipinski definition) is 6. The third kappa shape index (κ3) is 9.36. The molecule has 0 bridgehead atoms. The van der Waals surface area contributed by atoms with Gasteiger partial charge in [0.15, 0.2) is 25.9 Å². The van der Waals surface area contributed by atoms with Crippen molar-refractivity contribution in [2.24, 2.45) is 5.92 Å². The summed E-state index contributed by atoms with van der Waals surface area (Å²) in [5.74, 6) is -1.26. The first-order valence-corrected chi connectivity index (χ1v) is 17.3. The number of esters is 2. The molecule has 6 nitrogen and oxygen atoms in total. The lowest BCUT2D eigenvalue weighted by Gasteiger charge is -2.40. The number of carbonyl (C=O) groups is 3. The van der Waals surface area contributed by atoms with Gasteiger partial charge in [-0.1, -0.05) is 73.2 Å². The highest BCUT2D eigenvalue weighted by Gasteiger charge is 2.47. The molecule has 182 valence electrons. The molecule has 31 heavy (non-hydrogen) atoms. The molecule has 0 heterocycles. The van der Waals surface area contributed by atoms with E-state index in [2.05, 4.69) is 54.6 Å². The summed E-state index contributed by atoms with van der Waals surface area (Å²) >= 11 is 5.39. The van der Waals surface area contributed by atoms with Crippen LogP contribution < -0.4 is 0 Å². The van der Waals surface area contributed by atoms with E-state index in [4.69, 9.17) is 25.5 Å². The van der Waals surface area contributed by atoms with Crippen LogP contribution in [-0.4, -0.2) is 52.5 Å². The van der Waals surface area contributed by atoms with Gasteiger partial charge < -0.3 is 18.7 Å². The van der Waals surface area contributed by atoms with Gasteiger partial charge in [-0.3, -0.25) is 9.59 Å². The van der Waals surface area contributed by atoms with Gasteiger partial charge in [0.25, 0.3) is 0 Å². The minimum absolute atomic E-state index is 0.0127. The molecule has 0 saturated heterocycles. The predicted octanol–water partition coefficient (Wildman–Crippen LogP) is 5.69. The molecule has 0 fully saturated rings. The number of alkyl halides is 1. The molecule has 0 aliphatic carbocycles. The van der Waals surface area contributed by atoms with Crippen LogP contribution >= 0.6 is 11.6 Å². The molecule has 2 unspecified atom stereocenters. The summed E-state index contributed by atoms with van der Waals surface area (Å²) in [7, 11) is -4.56. The summed E-state index contributed by atoms with van der Waals surface area (Å²) in [5, 5.41) is -0.246. The lowest BCUT2D eigenvalue weighted by molar-refractivity contribution is -0.156.